The molecule has 182 valence electrons. The summed E-state index contributed by atoms with van der Waals surface area (Å²) in [5.74, 6) is 1.03. The number of aryl methyl sites for hydroxylation is 2. The van der Waals surface area contributed by atoms with Gasteiger partial charge in [-0.1, -0.05) is 135 Å². The molecule has 2 heteroatoms. The van der Waals surface area contributed by atoms with E-state index in [1.807, 2.05) is 6.07 Å². The lowest BCUT2D eigenvalue weighted by atomic mass is 10.0. The van der Waals surface area contributed by atoms with Gasteiger partial charge in [0.15, 0.2) is 6.54 Å². The zero-order chi connectivity index (χ0) is 22.7. The predicted octanol–water partition coefficient (Wildman–Crippen LogP) is 9.85. The standard InChI is InChI=1S/C30H52NO/c1-3-4-5-6-7-8-9-10-11-12-13-14-15-16-17-18-19-20-21-24-27-31-28(2)32-30-26-23-22-25-29(30)31/h22-23,25-26H,3-21,24,27H2,1-2H3/q+1. The van der Waals surface area contributed by atoms with Crippen molar-refractivity contribution in [3.63, 3.8) is 0 Å². The van der Waals surface area contributed by atoms with Gasteiger partial charge in [-0.2, -0.15) is 4.57 Å². The van der Waals surface area contributed by atoms with Gasteiger partial charge in [-0.15, -0.1) is 0 Å². The number of para-hydroxylation sites is 2. The largest absolute Gasteiger partial charge is 0.402 e. The Hall–Kier alpha value is -1.31. The van der Waals surface area contributed by atoms with Crippen LogP contribution >= 0.6 is 0 Å². The van der Waals surface area contributed by atoms with Crippen LogP contribution in [-0.2, 0) is 6.54 Å². The van der Waals surface area contributed by atoms with Gasteiger partial charge in [-0.25, -0.2) is 0 Å². The van der Waals surface area contributed by atoms with Gasteiger partial charge in [0, 0.05) is 12.5 Å². The molecule has 1 heterocycles. The number of rotatable bonds is 21. The molecule has 1 aromatic heterocycles. The fourth-order valence-corrected chi connectivity index (χ4v) is 4.95. The smallest absolute Gasteiger partial charge is 0.344 e. The highest BCUT2D eigenvalue weighted by molar-refractivity contribution is 5.68. The van der Waals surface area contributed by atoms with E-state index in [0.29, 0.717) is 0 Å². The minimum atomic E-state index is 1.01. The van der Waals surface area contributed by atoms with Crippen LogP contribution in [0.15, 0.2) is 28.7 Å². The molecule has 0 N–H and O–H groups in total. The first-order chi connectivity index (χ1) is 15.8. The Kier molecular flexibility index (Phi) is 15.3. The molecule has 0 fully saturated rings. The summed E-state index contributed by atoms with van der Waals surface area (Å²) in [5, 5.41) is 0. The molecule has 2 aromatic rings. The van der Waals surface area contributed by atoms with Gasteiger partial charge >= 0.3 is 5.89 Å². The highest BCUT2D eigenvalue weighted by Gasteiger charge is 2.17. The summed E-state index contributed by atoms with van der Waals surface area (Å²) < 4.78 is 8.19. The molecule has 2 nitrogen and oxygen atoms in total. The van der Waals surface area contributed by atoms with Crippen molar-refractivity contribution >= 4 is 11.1 Å². The molecule has 0 saturated heterocycles. The van der Waals surface area contributed by atoms with E-state index in [4.69, 9.17) is 4.42 Å². The minimum absolute atomic E-state index is 1.01. The third-order valence-corrected chi connectivity index (χ3v) is 7.03. The summed E-state index contributed by atoms with van der Waals surface area (Å²) in [7, 11) is 0. The van der Waals surface area contributed by atoms with Crippen LogP contribution in [0, 0.1) is 6.92 Å². The molecule has 0 bridgehead atoms. The summed E-state index contributed by atoms with van der Waals surface area (Å²) in [4.78, 5) is 0. The van der Waals surface area contributed by atoms with Crippen LogP contribution in [0.1, 0.15) is 141 Å². The minimum Gasteiger partial charge on any atom is -0.402 e. The molecule has 0 unspecified atom stereocenters. The van der Waals surface area contributed by atoms with E-state index in [2.05, 4.69) is 36.6 Å². The first-order valence-corrected chi connectivity index (χ1v) is 14.2. The number of nitrogens with zero attached hydrogens (tertiary/aromatic N) is 1. The van der Waals surface area contributed by atoms with Crippen molar-refractivity contribution < 1.29 is 8.98 Å². The molecular formula is C30H52NO+. The van der Waals surface area contributed by atoms with E-state index >= 15 is 0 Å². The van der Waals surface area contributed by atoms with E-state index in [1.54, 1.807) is 0 Å². The first kappa shape index (κ1) is 26.9. The van der Waals surface area contributed by atoms with Crippen LogP contribution in [0.25, 0.3) is 11.1 Å². The zero-order valence-corrected chi connectivity index (χ0v) is 21.5. The Balaban J connectivity index is 1.30. The predicted molar refractivity (Wildman–Crippen MR) is 139 cm³/mol. The molecule has 0 radical (unpaired) electrons. The zero-order valence-electron chi connectivity index (χ0n) is 21.5. The number of fused-ring (bicyclic) bond motifs is 1. The van der Waals surface area contributed by atoms with E-state index in [9.17, 15) is 0 Å². The topological polar surface area (TPSA) is 17.0 Å². The number of hydrogen-bond donors (Lipinski definition) is 0. The Labute approximate surface area is 199 Å². The Morgan fingerprint density at radius 3 is 1.44 bits per heavy atom. The second kappa shape index (κ2) is 18.2. The van der Waals surface area contributed by atoms with E-state index in [0.717, 1.165) is 18.0 Å². The van der Waals surface area contributed by atoms with Crippen LogP contribution in [0.3, 0.4) is 0 Å². The number of oxazole rings is 1. The van der Waals surface area contributed by atoms with Crippen molar-refractivity contribution in [2.24, 2.45) is 0 Å². The highest BCUT2D eigenvalue weighted by Crippen LogP contribution is 2.16. The van der Waals surface area contributed by atoms with Gasteiger partial charge in [0.25, 0.3) is 5.52 Å². The number of aromatic nitrogens is 1. The lowest BCUT2D eigenvalue weighted by Gasteiger charge is -2.04. The van der Waals surface area contributed by atoms with Crippen molar-refractivity contribution in [3.05, 3.63) is 30.2 Å². The van der Waals surface area contributed by atoms with Crippen molar-refractivity contribution in [2.75, 3.05) is 0 Å². The third-order valence-electron chi connectivity index (χ3n) is 7.03. The molecule has 0 amide bonds. The van der Waals surface area contributed by atoms with Gasteiger partial charge in [-0.05, 0) is 12.5 Å². The first-order valence-electron chi connectivity index (χ1n) is 14.2. The molecule has 0 aliphatic heterocycles. The highest BCUT2D eigenvalue weighted by atomic mass is 16.3. The Bertz CT molecular complexity index is 689. The van der Waals surface area contributed by atoms with Gasteiger partial charge in [0.2, 0.25) is 5.58 Å². The van der Waals surface area contributed by atoms with Crippen LogP contribution in [0.2, 0.25) is 0 Å². The fraction of sp³-hybridized carbons (Fsp3) is 0.767. The molecular weight excluding hydrogens is 390 g/mol. The second-order valence-corrected chi connectivity index (χ2v) is 9.96. The van der Waals surface area contributed by atoms with Crippen molar-refractivity contribution in [3.8, 4) is 0 Å². The van der Waals surface area contributed by atoms with E-state index in [-0.39, 0.29) is 0 Å². The van der Waals surface area contributed by atoms with Crippen molar-refractivity contribution in [2.45, 2.75) is 149 Å². The Morgan fingerprint density at radius 2 is 0.969 bits per heavy atom. The molecule has 0 aliphatic carbocycles. The summed E-state index contributed by atoms with van der Waals surface area (Å²) in [6, 6.07) is 8.39. The van der Waals surface area contributed by atoms with Crippen LogP contribution in [0.4, 0.5) is 0 Å². The Morgan fingerprint density at radius 1 is 0.562 bits per heavy atom. The van der Waals surface area contributed by atoms with Gasteiger partial charge in [0.1, 0.15) is 0 Å². The molecule has 1 aromatic carbocycles. The number of unbranched alkanes of at least 4 members (excludes halogenated alkanes) is 19. The van der Waals surface area contributed by atoms with Crippen LogP contribution < -0.4 is 4.57 Å². The van der Waals surface area contributed by atoms with Gasteiger partial charge < -0.3 is 4.42 Å². The second-order valence-electron chi connectivity index (χ2n) is 9.96. The molecule has 0 spiro atoms. The van der Waals surface area contributed by atoms with Crippen molar-refractivity contribution in [1.82, 2.24) is 0 Å². The molecule has 0 atom stereocenters. The molecule has 0 saturated carbocycles. The van der Waals surface area contributed by atoms with E-state index < -0.39 is 0 Å². The maximum atomic E-state index is 5.86. The molecule has 32 heavy (non-hydrogen) atoms. The maximum Gasteiger partial charge on any atom is 0.344 e. The van der Waals surface area contributed by atoms with Crippen molar-refractivity contribution in [1.29, 1.82) is 0 Å². The lowest BCUT2D eigenvalue weighted by molar-refractivity contribution is -0.683. The van der Waals surface area contributed by atoms with Gasteiger partial charge in [0.05, 0.1) is 6.92 Å². The monoisotopic (exact) mass is 442 g/mol. The van der Waals surface area contributed by atoms with Crippen LogP contribution in [0.5, 0.6) is 0 Å². The van der Waals surface area contributed by atoms with E-state index in [1.165, 1.54) is 134 Å². The summed E-state index contributed by atoms with van der Waals surface area (Å²) >= 11 is 0. The third kappa shape index (κ3) is 11.5. The quantitative estimate of drug-likeness (QED) is 0.139. The van der Waals surface area contributed by atoms with Crippen LogP contribution in [-0.4, -0.2) is 0 Å². The molecule has 2 rings (SSSR count). The summed E-state index contributed by atoms with van der Waals surface area (Å²) in [5.41, 5.74) is 2.25. The SMILES string of the molecule is CCCCCCCCCCCCCCCCCCCCCC[n+]1c(C)oc2ccccc21. The number of benzene rings is 1. The fourth-order valence-electron chi connectivity index (χ4n) is 4.95. The number of hydrogen-bond acceptors (Lipinski definition) is 1. The lowest BCUT2D eigenvalue weighted by Crippen LogP contribution is -2.35. The summed E-state index contributed by atoms with van der Waals surface area (Å²) in [6.07, 6.45) is 28.7. The normalized spacial score (nSPS) is 11.6. The van der Waals surface area contributed by atoms with Gasteiger partial charge in [-0.3, -0.25) is 0 Å². The molecule has 0 aliphatic rings. The summed E-state index contributed by atoms with van der Waals surface area (Å²) in [6.45, 7) is 5.46. The average molecular weight is 443 g/mol. The average Bonchev–Trinajstić information content (AvgIpc) is 3.12. The maximum absolute atomic E-state index is 5.86.